The topological polar surface area (TPSA) is 12.0 Å². The molecule has 0 aliphatic rings. The zero-order valence-corrected chi connectivity index (χ0v) is 11.6. The van der Waals surface area contributed by atoms with Gasteiger partial charge < -0.3 is 5.32 Å². The van der Waals surface area contributed by atoms with E-state index in [1.807, 2.05) is 11.3 Å². The van der Waals surface area contributed by atoms with Crippen molar-refractivity contribution in [1.82, 2.24) is 5.32 Å². The first-order valence-corrected chi connectivity index (χ1v) is 7.42. The number of hydrogen-bond donors (Lipinski definition) is 1. The van der Waals surface area contributed by atoms with Crippen molar-refractivity contribution in [2.24, 2.45) is 5.92 Å². The summed E-state index contributed by atoms with van der Waals surface area (Å²) in [5.74, 6) is 0.849. The molecule has 1 nitrogen and oxygen atoms in total. The third-order valence-corrected chi connectivity index (χ3v) is 4.28. The van der Waals surface area contributed by atoms with Crippen molar-refractivity contribution in [3.8, 4) is 0 Å². The van der Waals surface area contributed by atoms with Crippen LogP contribution in [-0.2, 0) is 0 Å². The summed E-state index contributed by atoms with van der Waals surface area (Å²) in [5.41, 5.74) is 0. The molecule has 0 bridgehead atoms. The second-order valence-electron chi connectivity index (χ2n) is 4.56. The molecule has 0 radical (unpaired) electrons. The van der Waals surface area contributed by atoms with Crippen LogP contribution in [0.15, 0.2) is 17.5 Å². The van der Waals surface area contributed by atoms with E-state index in [1.54, 1.807) is 0 Å². The van der Waals surface area contributed by atoms with Crippen LogP contribution >= 0.6 is 11.3 Å². The van der Waals surface area contributed by atoms with E-state index in [2.05, 4.69) is 43.6 Å². The average Bonchev–Trinajstić information content (AvgIpc) is 2.82. The van der Waals surface area contributed by atoms with Gasteiger partial charge in [0.1, 0.15) is 0 Å². The van der Waals surface area contributed by atoms with E-state index in [0.29, 0.717) is 6.04 Å². The van der Waals surface area contributed by atoms with Gasteiger partial charge in [-0.25, -0.2) is 0 Å². The summed E-state index contributed by atoms with van der Waals surface area (Å²) in [6.45, 7) is 8.00. The van der Waals surface area contributed by atoms with Crippen molar-refractivity contribution in [1.29, 1.82) is 0 Å². The van der Waals surface area contributed by atoms with Gasteiger partial charge in [0.15, 0.2) is 0 Å². The van der Waals surface area contributed by atoms with Crippen molar-refractivity contribution >= 4 is 11.3 Å². The maximum Gasteiger partial charge on any atom is 0.0386 e. The minimum atomic E-state index is 0.510. The van der Waals surface area contributed by atoms with Crippen LogP contribution in [0.5, 0.6) is 0 Å². The molecule has 0 aliphatic carbocycles. The minimum absolute atomic E-state index is 0.510. The molecular formula is C14H25NS. The summed E-state index contributed by atoms with van der Waals surface area (Å²) in [5, 5.41) is 5.81. The Morgan fingerprint density at radius 3 is 2.75 bits per heavy atom. The molecule has 0 saturated carbocycles. The lowest BCUT2D eigenvalue weighted by Crippen LogP contribution is -2.25. The average molecular weight is 239 g/mol. The fraction of sp³-hybridized carbons (Fsp3) is 0.714. The minimum Gasteiger partial charge on any atom is -0.309 e. The van der Waals surface area contributed by atoms with Gasteiger partial charge in [-0.05, 0) is 37.3 Å². The monoisotopic (exact) mass is 239 g/mol. The third-order valence-electron chi connectivity index (χ3n) is 3.23. The predicted octanol–water partition coefficient (Wildman–Crippen LogP) is 4.62. The molecule has 1 heterocycles. The van der Waals surface area contributed by atoms with Crippen LogP contribution in [0.25, 0.3) is 0 Å². The fourth-order valence-corrected chi connectivity index (χ4v) is 2.68. The van der Waals surface area contributed by atoms with E-state index in [0.717, 1.165) is 12.5 Å². The second-order valence-corrected chi connectivity index (χ2v) is 5.54. The van der Waals surface area contributed by atoms with Crippen LogP contribution in [0, 0.1) is 5.92 Å². The predicted molar refractivity (Wildman–Crippen MR) is 74.0 cm³/mol. The molecule has 0 amide bonds. The van der Waals surface area contributed by atoms with Gasteiger partial charge in [0.2, 0.25) is 0 Å². The molecule has 0 fully saturated rings. The number of thiophene rings is 1. The lowest BCUT2D eigenvalue weighted by molar-refractivity contribution is 0.400. The highest BCUT2D eigenvalue weighted by Gasteiger charge is 2.09. The Labute approximate surface area is 104 Å². The lowest BCUT2D eigenvalue weighted by atomic mass is 9.99. The fourth-order valence-electron chi connectivity index (χ4n) is 1.93. The Bertz CT molecular complexity index is 256. The van der Waals surface area contributed by atoms with Crippen molar-refractivity contribution < 1.29 is 0 Å². The third kappa shape index (κ3) is 4.67. The molecule has 92 valence electrons. The molecule has 1 aromatic heterocycles. The Kier molecular flexibility index (Phi) is 6.74. The lowest BCUT2D eigenvalue weighted by Gasteiger charge is -2.18. The Balaban J connectivity index is 2.26. The first-order valence-electron chi connectivity index (χ1n) is 6.54. The summed E-state index contributed by atoms with van der Waals surface area (Å²) >= 11 is 1.85. The van der Waals surface area contributed by atoms with Gasteiger partial charge in [-0.1, -0.05) is 39.2 Å². The molecular weight excluding hydrogens is 214 g/mol. The maximum absolute atomic E-state index is 3.66. The van der Waals surface area contributed by atoms with Gasteiger partial charge in [-0.2, -0.15) is 0 Å². The highest BCUT2D eigenvalue weighted by atomic mass is 32.1. The summed E-state index contributed by atoms with van der Waals surface area (Å²) < 4.78 is 0. The largest absolute Gasteiger partial charge is 0.309 e. The molecule has 2 heteroatoms. The molecule has 1 rings (SSSR count). The van der Waals surface area contributed by atoms with E-state index in [1.165, 1.54) is 30.6 Å². The van der Waals surface area contributed by atoms with Gasteiger partial charge >= 0.3 is 0 Å². The van der Waals surface area contributed by atoms with E-state index in [-0.39, 0.29) is 0 Å². The first-order chi connectivity index (χ1) is 7.77. The molecule has 16 heavy (non-hydrogen) atoms. The molecule has 1 aromatic rings. The second kappa shape index (κ2) is 7.86. The van der Waals surface area contributed by atoms with Crippen LogP contribution in [0.1, 0.15) is 57.4 Å². The van der Waals surface area contributed by atoms with E-state index in [9.17, 15) is 0 Å². The highest BCUT2D eigenvalue weighted by Crippen LogP contribution is 2.19. The van der Waals surface area contributed by atoms with Gasteiger partial charge in [0.05, 0.1) is 0 Å². The zero-order chi connectivity index (χ0) is 11.8. The van der Waals surface area contributed by atoms with Crippen LogP contribution in [0.3, 0.4) is 0 Å². The van der Waals surface area contributed by atoms with Crippen molar-refractivity contribution in [3.05, 3.63) is 22.4 Å². The quantitative estimate of drug-likeness (QED) is 0.698. The Hall–Kier alpha value is -0.340. The van der Waals surface area contributed by atoms with E-state index < -0.39 is 0 Å². The van der Waals surface area contributed by atoms with Gasteiger partial charge in [0.25, 0.3) is 0 Å². The number of nitrogens with one attached hydrogen (secondary N) is 1. The molecule has 0 aliphatic heterocycles. The molecule has 2 atom stereocenters. The van der Waals surface area contributed by atoms with Crippen molar-refractivity contribution in [2.75, 3.05) is 6.54 Å². The van der Waals surface area contributed by atoms with Gasteiger partial charge in [-0.15, -0.1) is 11.3 Å². The smallest absolute Gasteiger partial charge is 0.0386 e. The molecule has 1 N–H and O–H groups in total. The number of rotatable bonds is 8. The summed E-state index contributed by atoms with van der Waals surface area (Å²) in [7, 11) is 0. The molecule has 0 saturated heterocycles. The SMILES string of the molecule is CCCCC(CC)CN[C@@H](C)c1cccs1. The van der Waals surface area contributed by atoms with Crippen LogP contribution in [-0.4, -0.2) is 6.54 Å². The van der Waals surface area contributed by atoms with Gasteiger partial charge in [0, 0.05) is 10.9 Å². The van der Waals surface area contributed by atoms with Gasteiger partial charge in [-0.3, -0.25) is 0 Å². The first kappa shape index (κ1) is 13.7. The van der Waals surface area contributed by atoms with Crippen LogP contribution < -0.4 is 5.32 Å². The van der Waals surface area contributed by atoms with Crippen molar-refractivity contribution in [3.63, 3.8) is 0 Å². The van der Waals surface area contributed by atoms with E-state index >= 15 is 0 Å². The van der Waals surface area contributed by atoms with Crippen molar-refractivity contribution in [2.45, 2.75) is 52.5 Å². The summed E-state index contributed by atoms with van der Waals surface area (Å²) in [4.78, 5) is 1.45. The number of unbranched alkanes of at least 4 members (excludes halogenated alkanes) is 1. The maximum atomic E-state index is 3.66. The van der Waals surface area contributed by atoms with E-state index in [4.69, 9.17) is 0 Å². The Morgan fingerprint density at radius 2 is 2.19 bits per heavy atom. The normalized spacial score (nSPS) is 14.9. The molecule has 1 unspecified atom stereocenters. The summed E-state index contributed by atoms with van der Waals surface area (Å²) in [6, 6.07) is 4.86. The summed E-state index contributed by atoms with van der Waals surface area (Å²) in [6.07, 6.45) is 5.35. The molecule has 0 aromatic carbocycles. The number of hydrogen-bond acceptors (Lipinski definition) is 2. The van der Waals surface area contributed by atoms with Crippen LogP contribution in [0.2, 0.25) is 0 Å². The Morgan fingerprint density at radius 1 is 1.38 bits per heavy atom. The van der Waals surface area contributed by atoms with Crippen LogP contribution in [0.4, 0.5) is 0 Å². The zero-order valence-electron chi connectivity index (χ0n) is 10.8. The highest BCUT2D eigenvalue weighted by molar-refractivity contribution is 7.10. The molecule has 0 spiro atoms. The standard InChI is InChI=1S/C14H25NS/c1-4-6-8-13(5-2)11-15-12(3)14-9-7-10-16-14/h7,9-10,12-13,15H,4-6,8,11H2,1-3H3/t12-,13?/m0/s1.